The summed E-state index contributed by atoms with van der Waals surface area (Å²) in [4.78, 5) is 0. The maximum Gasteiger partial charge on any atom is 0.123 e. The molecule has 0 saturated heterocycles. The van der Waals surface area contributed by atoms with E-state index in [2.05, 4.69) is 31.9 Å². The Balaban J connectivity index is 2.97. The van der Waals surface area contributed by atoms with Gasteiger partial charge in [0, 0.05) is 0 Å². The topological polar surface area (TPSA) is 0 Å². The van der Waals surface area contributed by atoms with E-state index in [1.165, 1.54) is 12.1 Å². The maximum atomic E-state index is 12.6. The minimum absolute atomic E-state index is 0.222. The Labute approximate surface area is 81.4 Å². The average Bonchev–Trinajstić information content (AvgIpc) is 1.85. The van der Waals surface area contributed by atoms with E-state index in [-0.39, 0.29) is 5.82 Å². The van der Waals surface area contributed by atoms with Crippen LogP contribution in [0.2, 0.25) is 0 Å². The van der Waals surface area contributed by atoms with Gasteiger partial charge in [-0.2, -0.15) is 0 Å². The lowest BCUT2D eigenvalue weighted by molar-refractivity contribution is 0.627. The minimum atomic E-state index is -0.222. The summed E-state index contributed by atoms with van der Waals surface area (Å²) in [6.45, 7) is 0. The van der Waals surface area contributed by atoms with Crippen molar-refractivity contribution < 1.29 is 4.39 Å². The van der Waals surface area contributed by atoms with E-state index < -0.39 is 0 Å². The molecule has 3 heteroatoms. The molecule has 0 aliphatic carbocycles. The molecule has 0 atom stereocenters. The van der Waals surface area contributed by atoms with Crippen LogP contribution in [0.3, 0.4) is 0 Å². The summed E-state index contributed by atoms with van der Waals surface area (Å²) >= 11 is 6.38. The standard InChI is InChI=1S/C8H5Br2F/c9-8(10)5-6-2-1-3-7(11)4-6/h1-5H. The molecule has 0 aliphatic heterocycles. The Morgan fingerprint density at radius 2 is 2.09 bits per heavy atom. The van der Waals surface area contributed by atoms with Crippen molar-refractivity contribution in [2.75, 3.05) is 0 Å². The second-order valence-electron chi connectivity index (χ2n) is 1.99. The molecule has 58 valence electrons. The van der Waals surface area contributed by atoms with Gasteiger partial charge in [0.25, 0.3) is 0 Å². The summed E-state index contributed by atoms with van der Waals surface area (Å²) in [6, 6.07) is 6.37. The van der Waals surface area contributed by atoms with Crippen LogP contribution in [-0.4, -0.2) is 0 Å². The van der Waals surface area contributed by atoms with E-state index in [1.54, 1.807) is 12.1 Å². The molecule has 0 aromatic heterocycles. The van der Waals surface area contributed by atoms with Gasteiger partial charge in [0.05, 0.1) is 3.39 Å². The summed E-state index contributed by atoms with van der Waals surface area (Å²) in [5.41, 5.74) is 0.828. The molecule has 1 aromatic carbocycles. The molecule has 11 heavy (non-hydrogen) atoms. The molecule has 0 bridgehead atoms. The van der Waals surface area contributed by atoms with Crippen LogP contribution in [0, 0.1) is 5.82 Å². The van der Waals surface area contributed by atoms with E-state index in [0.717, 1.165) is 8.96 Å². The predicted molar refractivity (Wildman–Crippen MR) is 52.2 cm³/mol. The number of hydrogen-bond donors (Lipinski definition) is 0. The lowest BCUT2D eigenvalue weighted by Crippen LogP contribution is -1.74. The van der Waals surface area contributed by atoms with E-state index in [1.807, 2.05) is 6.07 Å². The smallest absolute Gasteiger partial charge is 0.123 e. The van der Waals surface area contributed by atoms with Crippen molar-refractivity contribution in [1.29, 1.82) is 0 Å². The highest BCUT2D eigenvalue weighted by Crippen LogP contribution is 2.18. The van der Waals surface area contributed by atoms with Crippen LogP contribution in [0.1, 0.15) is 5.56 Å². The predicted octanol–water partition coefficient (Wildman–Crippen LogP) is 3.91. The first-order valence-corrected chi connectivity index (χ1v) is 4.55. The summed E-state index contributed by atoms with van der Waals surface area (Å²) in [7, 11) is 0. The molecule has 0 fully saturated rings. The van der Waals surface area contributed by atoms with Gasteiger partial charge < -0.3 is 0 Å². The fraction of sp³-hybridized carbons (Fsp3) is 0. The maximum absolute atomic E-state index is 12.6. The molecule has 1 aromatic rings. The second-order valence-corrected chi connectivity index (χ2v) is 4.76. The molecule has 0 unspecified atom stereocenters. The largest absolute Gasteiger partial charge is 0.207 e. The molecule has 0 nitrogen and oxygen atoms in total. The first-order chi connectivity index (χ1) is 5.18. The van der Waals surface area contributed by atoms with Crippen LogP contribution in [0.15, 0.2) is 27.7 Å². The van der Waals surface area contributed by atoms with Crippen LogP contribution in [0.4, 0.5) is 4.39 Å². The normalized spacial score (nSPS) is 9.36. The van der Waals surface area contributed by atoms with E-state index in [0.29, 0.717) is 0 Å². The van der Waals surface area contributed by atoms with Crippen LogP contribution in [-0.2, 0) is 0 Å². The van der Waals surface area contributed by atoms with Gasteiger partial charge in [-0.1, -0.05) is 12.1 Å². The highest BCUT2D eigenvalue weighted by molar-refractivity contribution is 9.28. The Hall–Kier alpha value is -0.150. The molecule has 0 spiro atoms. The Morgan fingerprint density at radius 1 is 1.36 bits per heavy atom. The molecular weight excluding hydrogens is 275 g/mol. The SMILES string of the molecule is Fc1cccc(C=C(Br)Br)c1. The van der Waals surface area contributed by atoms with E-state index in [9.17, 15) is 4.39 Å². The third-order valence-electron chi connectivity index (χ3n) is 1.12. The Bertz CT molecular complexity index is 277. The molecule has 1 rings (SSSR count). The molecular formula is C8H5Br2F. The Morgan fingerprint density at radius 3 is 2.64 bits per heavy atom. The lowest BCUT2D eigenvalue weighted by atomic mass is 10.2. The summed E-state index contributed by atoms with van der Waals surface area (Å²) < 4.78 is 13.4. The zero-order chi connectivity index (χ0) is 8.27. The van der Waals surface area contributed by atoms with Gasteiger partial charge in [-0.15, -0.1) is 0 Å². The first kappa shape index (κ1) is 8.94. The molecule has 0 heterocycles. The van der Waals surface area contributed by atoms with E-state index >= 15 is 0 Å². The summed E-state index contributed by atoms with van der Waals surface area (Å²) in [5, 5.41) is 0. The highest BCUT2D eigenvalue weighted by Gasteiger charge is 1.91. The summed E-state index contributed by atoms with van der Waals surface area (Å²) in [6.07, 6.45) is 1.78. The lowest BCUT2D eigenvalue weighted by Gasteiger charge is -1.92. The monoisotopic (exact) mass is 278 g/mol. The van der Waals surface area contributed by atoms with E-state index in [4.69, 9.17) is 0 Å². The van der Waals surface area contributed by atoms with Gasteiger partial charge in [-0.05, 0) is 55.6 Å². The van der Waals surface area contributed by atoms with Gasteiger partial charge >= 0.3 is 0 Å². The van der Waals surface area contributed by atoms with Gasteiger partial charge in [-0.25, -0.2) is 4.39 Å². The van der Waals surface area contributed by atoms with Crippen molar-refractivity contribution in [1.82, 2.24) is 0 Å². The molecule has 0 amide bonds. The first-order valence-electron chi connectivity index (χ1n) is 2.97. The van der Waals surface area contributed by atoms with Crippen molar-refractivity contribution in [2.45, 2.75) is 0 Å². The van der Waals surface area contributed by atoms with Gasteiger partial charge in [0.15, 0.2) is 0 Å². The highest BCUT2D eigenvalue weighted by atomic mass is 79.9. The van der Waals surface area contributed by atoms with Crippen molar-refractivity contribution in [3.8, 4) is 0 Å². The number of hydrogen-bond acceptors (Lipinski definition) is 0. The molecule has 0 N–H and O–H groups in total. The third kappa shape index (κ3) is 3.16. The zero-order valence-electron chi connectivity index (χ0n) is 5.52. The fourth-order valence-corrected chi connectivity index (χ4v) is 1.25. The van der Waals surface area contributed by atoms with Crippen molar-refractivity contribution in [2.24, 2.45) is 0 Å². The number of benzene rings is 1. The number of halogens is 3. The van der Waals surface area contributed by atoms with Gasteiger partial charge in [0.2, 0.25) is 0 Å². The van der Waals surface area contributed by atoms with Gasteiger partial charge in [0.1, 0.15) is 5.82 Å². The van der Waals surface area contributed by atoms with Crippen molar-refractivity contribution in [3.63, 3.8) is 0 Å². The van der Waals surface area contributed by atoms with Crippen LogP contribution in [0.5, 0.6) is 0 Å². The zero-order valence-corrected chi connectivity index (χ0v) is 8.69. The van der Waals surface area contributed by atoms with Gasteiger partial charge in [-0.3, -0.25) is 0 Å². The second kappa shape index (κ2) is 4.02. The third-order valence-corrected chi connectivity index (χ3v) is 1.58. The van der Waals surface area contributed by atoms with Crippen LogP contribution in [0.25, 0.3) is 6.08 Å². The molecule has 0 saturated carbocycles. The van der Waals surface area contributed by atoms with Crippen LogP contribution >= 0.6 is 31.9 Å². The quantitative estimate of drug-likeness (QED) is 0.731. The molecule has 0 aliphatic rings. The summed E-state index contributed by atoms with van der Waals surface area (Å²) in [5.74, 6) is -0.222. The van der Waals surface area contributed by atoms with Crippen molar-refractivity contribution in [3.05, 3.63) is 39.0 Å². The fourth-order valence-electron chi connectivity index (χ4n) is 0.722. The van der Waals surface area contributed by atoms with Crippen molar-refractivity contribution >= 4 is 37.9 Å². The average molecular weight is 280 g/mol. The molecule has 0 radical (unpaired) electrons. The number of rotatable bonds is 1. The Kier molecular flexibility index (Phi) is 3.27. The van der Waals surface area contributed by atoms with Crippen LogP contribution < -0.4 is 0 Å². The minimum Gasteiger partial charge on any atom is -0.207 e.